The molecule has 3 nitrogen and oxygen atoms in total. The third-order valence-electron chi connectivity index (χ3n) is 4.03. The van der Waals surface area contributed by atoms with Crippen molar-refractivity contribution in [2.75, 3.05) is 13.1 Å². The zero-order chi connectivity index (χ0) is 15.4. The van der Waals surface area contributed by atoms with E-state index in [9.17, 15) is 13.6 Å². The molecular weight excluding hydrogens is 276 g/mol. The monoisotopic (exact) mass is 295 g/mol. The molecule has 2 rings (SSSR count). The normalized spacial score (nSPS) is 23.6. The maximum Gasteiger partial charge on any atom is 0.308 e. The van der Waals surface area contributed by atoms with Gasteiger partial charge in [-0.05, 0) is 44.0 Å². The molecule has 0 unspecified atom stereocenters. The fourth-order valence-corrected chi connectivity index (χ4v) is 2.74. The Morgan fingerprint density at radius 3 is 2.86 bits per heavy atom. The van der Waals surface area contributed by atoms with Crippen LogP contribution in [0.1, 0.15) is 25.3 Å². The zero-order valence-corrected chi connectivity index (χ0v) is 11.9. The van der Waals surface area contributed by atoms with Gasteiger partial charge in [0.1, 0.15) is 0 Å². The minimum atomic E-state index is -0.866. The molecule has 114 valence electrons. The van der Waals surface area contributed by atoms with E-state index in [1.54, 1.807) is 6.08 Å². The number of carboxylic acid groups (broad SMARTS) is 1. The summed E-state index contributed by atoms with van der Waals surface area (Å²) >= 11 is 0. The van der Waals surface area contributed by atoms with Crippen molar-refractivity contribution in [1.29, 1.82) is 0 Å². The molecule has 1 fully saturated rings. The maximum absolute atomic E-state index is 13.1. The Bertz CT molecular complexity index is 545. The molecule has 0 radical (unpaired) electrons. The lowest BCUT2D eigenvalue weighted by Crippen LogP contribution is -2.46. The number of aliphatic carboxylic acids is 1. The van der Waals surface area contributed by atoms with Crippen LogP contribution in [0.15, 0.2) is 24.3 Å². The second-order valence-electron chi connectivity index (χ2n) is 5.40. The summed E-state index contributed by atoms with van der Waals surface area (Å²) in [7, 11) is 0. The molecule has 0 saturated carbocycles. The van der Waals surface area contributed by atoms with Crippen LogP contribution in [0.4, 0.5) is 8.78 Å². The van der Waals surface area contributed by atoms with Crippen molar-refractivity contribution in [2.45, 2.75) is 25.8 Å². The summed E-state index contributed by atoms with van der Waals surface area (Å²) in [5.41, 5.74) is 0.591. The van der Waals surface area contributed by atoms with E-state index < -0.39 is 17.6 Å². The molecule has 21 heavy (non-hydrogen) atoms. The van der Waals surface area contributed by atoms with Gasteiger partial charge >= 0.3 is 5.97 Å². The van der Waals surface area contributed by atoms with Gasteiger partial charge in [0.15, 0.2) is 11.6 Å². The Kier molecular flexibility index (Phi) is 5.07. The summed E-state index contributed by atoms with van der Waals surface area (Å²) in [4.78, 5) is 13.2. The summed E-state index contributed by atoms with van der Waals surface area (Å²) in [6.45, 7) is 3.38. The van der Waals surface area contributed by atoms with E-state index >= 15 is 0 Å². The molecule has 2 atom stereocenters. The molecule has 0 bridgehead atoms. The van der Waals surface area contributed by atoms with Gasteiger partial charge in [0.2, 0.25) is 0 Å². The Morgan fingerprint density at radius 1 is 1.43 bits per heavy atom. The topological polar surface area (TPSA) is 40.5 Å². The van der Waals surface area contributed by atoms with Crippen LogP contribution in [0.5, 0.6) is 0 Å². The number of nitrogens with zero attached hydrogens (tertiary/aromatic N) is 1. The van der Waals surface area contributed by atoms with Gasteiger partial charge < -0.3 is 5.11 Å². The molecule has 5 heteroatoms. The lowest BCUT2D eigenvalue weighted by Gasteiger charge is -2.36. The van der Waals surface area contributed by atoms with E-state index in [4.69, 9.17) is 5.11 Å². The minimum absolute atomic E-state index is 0.0224. The first-order valence-electron chi connectivity index (χ1n) is 7.07. The highest BCUT2D eigenvalue weighted by molar-refractivity contribution is 5.71. The van der Waals surface area contributed by atoms with Crippen LogP contribution < -0.4 is 0 Å². The van der Waals surface area contributed by atoms with E-state index in [1.807, 2.05) is 13.0 Å². The van der Waals surface area contributed by atoms with Crippen LogP contribution in [0.25, 0.3) is 6.08 Å². The van der Waals surface area contributed by atoms with Crippen molar-refractivity contribution >= 4 is 12.0 Å². The van der Waals surface area contributed by atoms with Crippen LogP contribution >= 0.6 is 0 Å². The van der Waals surface area contributed by atoms with Crippen LogP contribution in [-0.2, 0) is 4.79 Å². The van der Waals surface area contributed by atoms with E-state index in [2.05, 4.69) is 4.90 Å². The first-order valence-corrected chi connectivity index (χ1v) is 7.07. The number of likely N-dealkylation sites (tertiary alicyclic amines) is 1. The first-order chi connectivity index (χ1) is 9.99. The molecule has 1 aliphatic heterocycles. The van der Waals surface area contributed by atoms with Crippen LogP contribution in [0, 0.1) is 17.6 Å². The molecule has 1 heterocycles. The quantitative estimate of drug-likeness (QED) is 0.927. The number of hydrogen-bond donors (Lipinski definition) is 1. The van der Waals surface area contributed by atoms with Gasteiger partial charge in [0.25, 0.3) is 0 Å². The minimum Gasteiger partial charge on any atom is -0.481 e. The Hall–Kier alpha value is -1.75. The molecular formula is C16H19F2NO2. The number of carbonyl (C=O) groups is 1. The van der Waals surface area contributed by atoms with Gasteiger partial charge in [0, 0.05) is 12.6 Å². The molecule has 0 aromatic heterocycles. The second-order valence-corrected chi connectivity index (χ2v) is 5.40. The van der Waals surface area contributed by atoms with Crippen molar-refractivity contribution in [1.82, 2.24) is 4.90 Å². The summed E-state index contributed by atoms with van der Waals surface area (Å²) in [6, 6.07) is 3.73. The first kappa shape index (κ1) is 15.6. The molecule has 1 aliphatic rings. The van der Waals surface area contributed by atoms with E-state index in [0.29, 0.717) is 18.5 Å². The number of halogens is 2. The van der Waals surface area contributed by atoms with Gasteiger partial charge in [0.05, 0.1) is 5.92 Å². The average Bonchev–Trinajstić information content (AvgIpc) is 2.44. The predicted molar refractivity (Wildman–Crippen MR) is 76.8 cm³/mol. The number of carboxylic acids is 1. The van der Waals surface area contributed by atoms with Crippen molar-refractivity contribution in [3.63, 3.8) is 0 Å². The van der Waals surface area contributed by atoms with Gasteiger partial charge in [-0.25, -0.2) is 8.78 Å². The van der Waals surface area contributed by atoms with E-state index in [1.165, 1.54) is 6.07 Å². The zero-order valence-electron chi connectivity index (χ0n) is 11.9. The van der Waals surface area contributed by atoms with Gasteiger partial charge in [-0.1, -0.05) is 18.2 Å². The second kappa shape index (κ2) is 6.80. The van der Waals surface area contributed by atoms with Crippen molar-refractivity contribution < 1.29 is 18.7 Å². The SMILES string of the molecule is C[C@@H]1[C@H](C(=O)O)CCCN1C/C=C/c1ccc(F)c(F)c1. The summed E-state index contributed by atoms with van der Waals surface area (Å²) in [5, 5.41) is 9.16. The molecule has 1 saturated heterocycles. The van der Waals surface area contributed by atoms with Crippen LogP contribution in [0.2, 0.25) is 0 Å². The highest BCUT2D eigenvalue weighted by Gasteiger charge is 2.31. The number of benzene rings is 1. The van der Waals surface area contributed by atoms with E-state index in [0.717, 1.165) is 25.1 Å². The molecule has 0 spiro atoms. The number of hydrogen-bond acceptors (Lipinski definition) is 2. The van der Waals surface area contributed by atoms with Crippen molar-refractivity contribution in [3.8, 4) is 0 Å². The Balaban J connectivity index is 1.96. The molecule has 0 aliphatic carbocycles. The number of rotatable bonds is 4. The molecule has 1 aromatic rings. The standard InChI is InChI=1S/C16H19F2NO2/c1-11-13(16(20)21)5-3-9-19(11)8-2-4-12-6-7-14(17)15(18)10-12/h2,4,6-7,10-11,13H,3,5,8-9H2,1H3,(H,20,21)/b4-2+/t11-,13-/m1/s1. The average molecular weight is 295 g/mol. The molecule has 1 N–H and O–H groups in total. The third kappa shape index (κ3) is 3.88. The predicted octanol–water partition coefficient (Wildman–Crippen LogP) is 3.16. The largest absolute Gasteiger partial charge is 0.481 e. The van der Waals surface area contributed by atoms with Crippen molar-refractivity contribution in [3.05, 3.63) is 41.5 Å². The summed E-state index contributed by atoms with van der Waals surface area (Å²) in [5.74, 6) is -2.82. The Labute approximate surface area is 122 Å². The summed E-state index contributed by atoms with van der Waals surface area (Å²) < 4.78 is 25.9. The lowest BCUT2D eigenvalue weighted by atomic mass is 9.90. The van der Waals surface area contributed by atoms with Gasteiger partial charge in [-0.2, -0.15) is 0 Å². The summed E-state index contributed by atoms with van der Waals surface area (Å²) in [6.07, 6.45) is 5.15. The third-order valence-corrected chi connectivity index (χ3v) is 4.03. The fourth-order valence-electron chi connectivity index (χ4n) is 2.74. The fraction of sp³-hybridized carbons (Fsp3) is 0.438. The van der Waals surface area contributed by atoms with Gasteiger partial charge in [-0.15, -0.1) is 0 Å². The van der Waals surface area contributed by atoms with E-state index in [-0.39, 0.29) is 12.0 Å². The van der Waals surface area contributed by atoms with Gasteiger partial charge in [-0.3, -0.25) is 9.69 Å². The number of piperidine rings is 1. The van der Waals surface area contributed by atoms with Crippen molar-refractivity contribution in [2.24, 2.45) is 5.92 Å². The van der Waals surface area contributed by atoms with Crippen LogP contribution in [-0.4, -0.2) is 35.1 Å². The Morgan fingerprint density at radius 2 is 2.19 bits per heavy atom. The molecule has 1 aromatic carbocycles. The van der Waals surface area contributed by atoms with Crippen LogP contribution in [0.3, 0.4) is 0 Å². The highest BCUT2D eigenvalue weighted by atomic mass is 19.2. The maximum atomic E-state index is 13.1. The lowest BCUT2D eigenvalue weighted by molar-refractivity contribution is -0.145. The molecule has 0 amide bonds. The highest BCUT2D eigenvalue weighted by Crippen LogP contribution is 2.23. The smallest absolute Gasteiger partial charge is 0.308 e.